The molecule has 0 saturated heterocycles. The van der Waals surface area contributed by atoms with Gasteiger partial charge in [-0.05, 0) is 12.5 Å². The van der Waals surface area contributed by atoms with Gasteiger partial charge in [0.15, 0.2) is 0 Å². The van der Waals surface area contributed by atoms with Gasteiger partial charge in [0, 0.05) is 30.4 Å². The number of aromatic nitrogens is 2. The van der Waals surface area contributed by atoms with Crippen molar-refractivity contribution < 1.29 is 13.2 Å². The average molecular weight is 284 g/mol. The fourth-order valence-electron chi connectivity index (χ4n) is 2.13. The minimum Gasteiger partial charge on any atom is -0.271 e. The van der Waals surface area contributed by atoms with Crippen LogP contribution in [0.2, 0.25) is 0 Å². The van der Waals surface area contributed by atoms with E-state index in [4.69, 9.17) is 5.84 Å². The van der Waals surface area contributed by atoms with Gasteiger partial charge in [-0.15, -0.1) is 0 Å². The van der Waals surface area contributed by atoms with Gasteiger partial charge in [0.2, 0.25) is 0 Å². The van der Waals surface area contributed by atoms with Crippen LogP contribution in [-0.2, 0) is 6.54 Å². The van der Waals surface area contributed by atoms with Crippen molar-refractivity contribution in [3.63, 3.8) is 0 Å². The molecule has 0 amide bonds. The topological polar surface area (TPSA) is 55.9 Å². The molecule has 1 unspecified atom stereocenters. The van der Waals surface area contributed by atoms with Gasteiger partial charge in [-0.25, -0.2) is 18.6 Å². The Balaban J connectivity index is 2.50. The number of benzene rings is 1. The molecule has 2 aromatic rings. The van der Waals surface area contributed by atoms with E-state index >= 15 is 0 Å². The van der Waals surface area contributed by atoms with E-state index in [1.54, 1.807) is 10.7 Å². The van der Waals surface area contributed by atoms with Gasteiger partial charge in [-0.3, -0.25) is 10.5 Å². The maximum Gasteiger partial charge on any atom is 0.134 e. The highest BCUT2D eigenvalue weighted by atomic mass is 19.1. The van der Waals surface area contributed by atoms with Gasteiger partial charge in [-0.1, -0.05) is 6.92 Å². The van der Waals surface area contributed by atoms with Crippen LogP contribution in [0.15, 0.2) is 24.4 Å². The van der Waals surface area contributed by atoms with Gasteiger partial charge in [0.05, 0.1) is 11.7 Å². The maximum absolute atomic E-state index is 13.9. The Hall–Kier alpha value is -1.86. The molecule has 0 fully saturated rings. The summed E-state index contributed by atoms with van der Waals surface area (Å²) in [5.41, 5.74) is 2.54. The van der Waals surface area contributed by atoms with Crippen LogP contribution < -0.4 is 11.3 Å². The minimum atomic E-state index is -0.991. The molecule has 2 rings (SSSR count). The molecule has 0 aliphatic heterocycles. The van der Waals surface area contributed by atoms with Crippen LogP contribution in [0.5, 0.6) is 0 Å². The molecule has 0 saturated carbocycles. The van der Waals surface area contributed by atoms with Crippen LogP contribution in [-0.4, -0.2) is 9.78 Å². The summed E-state index contributed by atoms with van der Waals surface area (Å²) >= 11 is 0. The van der Waals surface area contributed by atoms with Crippen molar-refractivity contribution in [1.29, 1.82) is 0 Å². The van der Waals surface area contributed by atoms with E-state index in [1.165, 1.54) is 6.20 Å². The Morgan fingerprint density at radius 1 is 1.30 bits per heavy atom. The third-order valence-electron chi connectivity index (χ3n) is 2.98. The standard InChI is InChI=1S/C13H15F3N4/c1-2-5-20-11(3-4-18-20)13(19-17)12-9(15)6-8(14)7-10(12)16/h3-4,6-7,13,19H,2,5,17H2,1H3. The van der Waals surface area contributed by atoms with Crippen LogP contribution in [0.4, 0.5) is 13.2 Å². The lowest BCUT2D eigenvalue weighted by Gasteiger charge is -2.19. The number of rotatable bonds is 5. The Kier molecular flexibility index (Phi) is 4.41. The first-order valence-electron chi connectivity index (χ1n) is 6.20. The Morgan fingerprint density at radius 2 is 1.95 bits per heavy atom. The van der Waals surface area contributed by atoms with E-state index < -0.39 is 23.5 Å². The molecule has 0 spiro atoms. The number of hydrogen-bond donors (Lipinski definition) is 2. The van der Waals surface area contributed by atoms with E-state index in [9.17, 15) is 13.2 Å². The maximum atomic E-state index is 13.9. The zero-order valence-corrected chi connectivity index (χ0v) is 10.9. The van der Waals surface area contributed by atoms with E-state index in [0.29, 0.717) is 24.4 Å². The summed E-state index contributed by atoms with van der Waals surface area (Å²) in [5.74, 6) is 2.47. The highest BCUT2D eigenvalue weighted by molar-refractivity contribution is 5.30. The third-order valence-corrected chi connectivity index (χ3v) is 2.98. The molecule has 3 N–H and O–H groups in total. The molecule has 108 valence electrons. The summed E-state index contributed by atoms with van der Waals surface area (Å²) in [7, 11) is 0. The van der Waals surface area contributed by atoms with Crippen molar-refractivity contribution in [2.45, 2.75) is 25.9 Å². The molecule has 20 heavy (non-hydrogen) atoms. The molecule has 0 aliphatic carbocycles. The number of nitrogens with zero attached hydrogens (tertiary/aromatic N) is 2. The highest BCUT2D eigenvalue weighted by Gasteiger charge is 2.24. The fourth-order valence-corrected chi connectivity index (χ4v) is 2.13. The van der Waals surface area contributed by atoms with Crippen molar-refractivity contribution in [2.75, 3.05) is 0 Å². The normalized spacial score (nSPS) is 12.7. The predicted molar refractivity (Wildman–Crippen MR) is 68.0 cm³/mol. The first kappa shape index (κ1) is 14.5. The molecule has 7 heteroatoms. The first-order valence-corrected chi connectivity index (χ1v) is 6.20. The second-order valence-corrected chi connectivity index (χ2v) is 4.36. The molecular formula is C13H15F3N4. The number of hydrogen-bond acceptors (Lipinski definition) is 3. The summed E-state index contributed by atoms with van der Waals surface area (Å²) in [6, 6.07) is 1.93. The second-order valence-electron chi connectivity index (χ2n) is 4.36. The van der Waals surface area contributed by atoms with Crippen molar-refractivity contribution in [2.24, 2.45) is 5.84 Å². The number of hydrazine groups is 1. The molecule has 0 radical (unpaired) electrons. The monoisotopic (exact) mass is 284 g/mol. The number of nitrogens with two attached hydrogens (primary N) is 1. The van der Waals surface area contributed by atoms with E-state index in [0.717, 1.165) is 6.42 Å². The average Bonchev–Trinajstić information content (AvgIpc) is 2.82. The molecule has 1 aromatic carbocycles. The second kappa shape index (κ2) is 6.06. The van der Waals surface area contributed by atoms with Crippen molar-refractivity contribution in [3.8, 4) is 0 Å². The third kappa shape index (κ3) is 2.68. The van der Waals surface area contributed by atoms with E-state index in [2.05, 4.69) is 10.5 Å². The molecule has 0 bridgehead atoms. The summed E-state index contributed by atoms with van der Waals surface area (Å²) in [5, 5.41) is 4.08. The zero-order chi connectivity index (χ0) is 14.7. The Morgan fingerprint density at radius 3 is 2.50 bits per heavy atom. The Labute approximate surface area is 114 Å². The van der Waals surface area contributed by atoms with Gasteiger partial charge < -0.3 is 0 Å². The zero-order valence-electron chi connectivity index (χ0n) is 10.9. The summed E-state index contributed by atoms with van der Waals surface area (Å²) in [6.07, 6.45) is 2.33. The van der Waals surface area contributed by atoms with Crippen molar-refractivity contribution in [1.82, 2.24) is 15.2 Å². The lowest BCUT2D eigenvalue weighted by atomic mass is 10.0. The lowest BCUT2D eigenvalue weighted by molar-refractivity contribution is 0.467. The van der Waals surface area contributed by atoms with Gasteiger partial charge in [-0.2, -0.15) is 5.10 Å². The molecular weight excluding hydrogens is 269 g/mol. The van der Waals surface area contributed by atoms with Crippen LogP contribution in [0, 0.1) is 17.5 Å². The van der Waals surface area contributed by atoms with Crippen LogP contribution >= 0.6 is 0 Å². The minimum absolute atomic E-state index is 0.327. The molecule has 1 aromatic heterocycles. The molecule has 1 atom stereocenters. The van der Waals surface area contributed by atoms with Crippen LogP contribution in [0.25, 0.3) is 0 Å². The number of aryl methyl sites for hydroxylation is 1. The lowest BCUT2D eigenvalue weighted by Crippen LogP contribution is -2.32. The summed E-state index contributed by atoms with van der Waals surface area (Å²) in [6.45, 7) is 2.54. The largest absolute Gasteiger partial charge is 0.271 e. The van der Waals surface area contributed by atoms with Crippen LogP contribution in [0.3, 0.4) is 0 Å². The summed E-state index contributed by atoms with van der Waals surface area (Å²) < 4.78 is 42.3. The van der Waals surface area contributed by atoms with E-state index in [-0.39, 0.29) is 5.56 Å². The Bertz CT molecular complexity index is 574. The number of nitrogens with one attached hydrogen (secondary N) is 1. The predicted octanol–water partition coefficient (Wildman–Crippen LogP) is 2.26. The quantitative estimate of drug-likeness (QED) is 0.654. The molecule has 1 heterocycles. The van der Waals surface area contributed by atoms with E-state index in [1.807, 2.05) is 6.92 Å². The molecule has 4 nitrogen and oxygen atoms in total. The van der Waals surface area contributed by atoms with Gasteiger partial charge >= 0.3 is 0 Å². The van der Waals surface area contributed by atoms with Crippen molar-refractivity contribution in [3.05, 3.63) is 53.1 Å². The smallest absolute Gasteiger partial charge is 0.134 e. The van der Waals surface area contributed by atoms with Crippen LogP contribution in [0.1, 0.15) is 30.6 Å². The van der Waals surface area contributed by atoms with Gasteiger partial charge in [0.1, 0.15) is 17.5 Å². The SMILES string of the molecule is CCCn1nccc1C(NN)c1c(F)cc(F)cc1F. The van der Waals surface area contributed by atoms with Crippen molar-refractivity contribution >= 4 is 0 Å². The number of halogens is 3. The first-order chi connectivity index (χ1) is 9.58. The highest BCUT2D eigenvalue weighted by Crippen LogP contribution is 2.27. The molecule has 0 aliphatic rings. The fraction of sp³-hybridized carbons (Fsp3) is 0.308. The summed E-state index contributed by atoms with van der Waals surface area (Å²) in [4.78, 5) is 0. The van der Waals surface area contributed by atoms with Gasteiger partial charge in [0.25, 0.3) is 0 Å².